The van der Waals surface area contributed by atoms with Crippen LogP contribution < -0.4 is 0 Å². The van der Waals surface area contributed by atoms with Crippen molar-refractivity contribution in [3.05, 3.63) is 23.3 Å². The van der Waals surface area contributed by atoms with Crippen molar-refractivity contribution in [2.75, 3.05) is 19.4 Å². The number of imidazole rings is 1. The molecule has 0 aromatic carbocycles. The predicted octanol–water partition coefficient (Wildman–Crippen LogP) is 1.57. The van der Waals surface area contributed by atoms with Crippen LogP contribution in [0, 0.1) is 12.8 Å². The van der Waals surface area contributed by atoms with Gasteiger partial charge in [-0.15, -0.1) is 0 Å². The Morgan fingerprint density at radius 2 is 2.07 bits per heavy atom. The molecule has 2 aromatic rings. The minimum absolute atomic E-state index is 0.0371. The van der Waals surface area contributed by atoms with Crippen LogP contribution in [0.15, 0.2) is 16.0 Å². The summed E-state index contributed by atoms with van der Waals surface area (Å²) in [5, 5.41) is 7.91. The predicted molar refractivity (Wildman–Crippen MR) is 100 cm³/mol. The van der Waals surface area contributed by atoms with Gasteiger partial charge in [0.2, 0.25) is 15.0 Å². The van der Waals surface area contributed by atoms with Gasteiger partial charge >= 0.3 is 0 Å². The first-order valence-corrected chi connectivity index (χ1v) is 11.4. The van der Waals surface area contributed by atoms with Crippen molar-refractivity contribution in [2.45, 2.75) is 63.5 Å². The van der Waals surface area contributed by atoms with E-state index in [4.69, 9.17) is 9.37 Å². The number of hydrogen-bond acceptors (Lipinski definition) is 8. The molecule has 2 aromatic heterocycles. The van der Waals surface area contributed by atoms with E-state index in [0.717, 1.165) is 49.4 Å². The lowest BCUT2D eigenvalue weighted by molar-refractivity contribution is 0.0934. The highest BCUT2D eigenvalue weighted by molar-refractivity contribution is 7.91. The van der Waals surface area contributed by atoms with Crippen LogP contribution in [0.3, 0.4) is 0 Å². The van der Waals surface area contributed by atoms with Crippen molar-refractivity contribution in [1.29, 1.82) is 0 Å². The highest BCUT2D eigenvalue weighted by Gasteiger charge is 2.33. The van der Waals surface area contributed by atoms with E-state index in [1.165, 1.54) is 0 Å². The second-order valence-corrected chi connectivity index (χ2v) is 9.90. The summed E-state index contributed by atoms with van der Waals surface area (Å²) in [6.45, 7) is 4.21. The number of sulfone groups is 1. The molecule has 0 amide bonds. The third-order valence-corrected chi connectivity index (χ3v) is 7.13. The molecule has 1 aliphatic heterocycles. The summed E-state index contributed by atoms with van der Waals surface area (Å²) in [5.41, 5.74) is 2.39. The van der Waals surface area contributed by atoms with Crippen LogP contribution in [0.1, 0.15) is 42.8 Å². The largest absolute Gasteiger partial charge is 0.376 e. The second-order valence-electron chi connectivity index (χ2n) is 7.97. The zero-order valence-electron chi connectivity index (χ0n) is 16.4. The van der Waals surface area contributed by atoms with Gasteiger partial charge in [-0.3, -0.25) is 4.90 Å². The fraction of sp³-hybridized carbons (Fsp3) is 0.722. The summed E-state index contributed by atoms with van der Waals surface area (Å²) < 4.78 is 38.2. The number of nitrogens with zero attached hydrogens (tertiary/aromatic N) is 5. The van der Waals surface area contributed by atoms with Crippen molar-refractivity contribution in [1.82, 2.24) is 24.8 Å². The summed E-state index contributed by atoms with van der Waals surface area (Å²) in [4.78, 5) is 6.37. The summed E-state index contributed by atoms with van der Waals surface area (Å²) >= 11 is 0. The molecule has 3 heterocycles. The van der Waals surface area contributed by atoms with Crippen molar-refractivity contribution in [2.24, 2.45) is 5.92 Å². The molecule has 0 radical (unpaired) electrons. The van der Waals surface area contributed by atoms with Crippen molar-refractivity contribution < 1.29 is 17.8 Å². The molecule has 1 saturated heterocycles. The zero-order chi connectivity index (χ0) is 19.7. The SMILES string of the molecule is Cc1nonc1CN(C)Cc1cnc(S(=O)(=O)CC2CC2)n1C[C@H]1CCCO1. The maximum absolute atomic E-state index is 12.9. The first-order valence-electron chi connectivity index (χ1n) is 9.77. The Bertz CT molecular complexity index is 912. The molecule has 154 valence electrons. The summed E-state index contributed by atoms with van der Waals surface area (Å²) in [6.07, 6.45) is 5.66. The molecule has 0 spiro atoms. The Hall–Kier alpha value is -1.78. The Balaban J connectivity index is 1.55. The molecule has 2 aliphatic rings. The van der Waals surface area contributed by atoms with Crippen molar-refractivity contribution >= 4 is 9.84 Å². The normalized spacial score (nSPS) is 20.3. The van der Waals surface area contributed by atoms with Gasteiger partial charge in [-0.1, -0.05) is 10.3 Å². The second kappa shape index (κ2) is 7.92. The molecular formula is C18H27N5O4S. The lowest BCUT2D eigenvalue weighted by Crippen LogP contribution is -2.25. The summed E-state index contributed by atoms with van der Waals surface area (Å²) in [6, 6.07) is 0. The van der Waals surface area contributed by atoms with E-state index in [0.29, 0.717) is 19.6 Å². The zero-order valence-corrected chi connectivity index (χ0v) is 17.2. The van der Waals surface area contributed by atoms with Gasteiger partial charge in [0.15, 0.2) is 0 Å². The summed E-state index contributed by atoms with van der Waals surface area (Å²) in [5.74, 6) is 0.473. The van der Waals surface area contributed by atoms with Crippen molar-refractivity contribution in [3.63, 3.8) is 0 Å². The van der Waals surface area contributed by atoms with Gasteiger partial charge in [0.1, 0.15) is 11.4 Å². The number of hydrogen-bond donors (Lipinski definition) is 0. The molecular weight excluding hydrogens is 382 g/mol. The monoisotopic (exact) mass is 409 g/mol. The van der Waals surface area contributed by atoms with Crippen LogP contribution in [-0.2, 0) is 34.2 Å². The van der Waals surface area contributed by atoms with Crippen LogP contribution in [0.2, 0.25) is 0 Å². The van der Waals surface area contributed by atoms with Gasteiger partial charge < -0.3 is 9.30 Å². The van der Waals surface area contributed by atoms with Gasteiger partial charge in [-0.2, -0.15) is 0 Å². The fourth-order valence-corrected chi connectivity index (χ4v) is 5.45. The highest BCUT2D eigenvalue weighted by atomic mass is 32.2. The van der Waals surface area contributed by atoms with Crippen LogP contribution in [-0.4, -0.2) is 58.7 Å². The lowest BCUT2D eigenvalue weighted by atomic mass is 10.2. The van der Waals surface area contributed by atoms with Gasteiger partial charge in [-0.25, -0.2) is 18.0 Å². The number of ether oxygens (including phenoxy) is 1. The average Bonchev–Trinajstić information content (AvgIpc) is 3.00. The van der Waals surface area contributed by atoms with Crippen LogP contribution >= 0.6 is 0 Å². The minimum atomic E-state index is -3.40. The minimum Gasteiger partial charge on any atom is -0.376 e. The standard InChI is InChI=1S/C18H27N5O4S/c1-13-17(21-27-20-13)11-22(2)9-15-8-19-18(28(24,25)12-14-5-6-14)23(15)10-16-4-3-7-26-16/h8,14,16H,3-7,9-12H2,1-2H3/t16-/m1/s1. The van der Waals surface area contributed by atoms with Gasteiger partial charge in [0, 0.05) is 19.7 Å². The quantitative estimate of drug-likeness (QED) is 0.615. The number of aromatic nitrogens is 4. The number of aryl methyl sites for hydroxylation is 1. The van der Waals surface area contributed by atoms with E-state index in [2.05, 4.69) is 15.3 Å². The molecule has 1 aliphatic carbocycles. The van der Waals surface area contributed by atoms with E-state index < -0.39 is 9.84 Å². The van der Waals surface area contributed by atoms with Crippen LogP contribution in [0.4, 0.5) is 0 Å². The first-order chi connectivity index (χ1) is 13.4. The van der Waals surface area contributed by atoms with E-state index in [1.54, 1.807) is 6.20 Å². The molecule has 0 bridgehead atoms. The average molecular weight is 410 g/mol. The maximum atomic E-state index is 12.9. The van der Waals surface area contributed by atoms with Gasteiger partial charge in [0.25, 0.3) is 0 Å². The van der Waals surface area contributed by atoms with E-state index in [9.17, 15) is 8.42 Å². The van der Waals surface area contributed by atoms with Crippen LogP contribution in [0.25, 0.3) is 0 Å². The fourth-order valence-electron chi connectivity index (χ4n) is 3.60. The van der Waals surface area contributed by atoms with Crippen molar-refractivity contribution in [3.8, 4) is 0 Å². The molecule has 4 rings (SSSR count). The van der Waals surface area contributed by atoms with Gasteiger partial charge in [-0.05, 0) is 45.6 Å². The Morgan fingerprint density at radius 3 is 2.71 bits per heavy atom. The molecule has 9 nitrogen and oxygen atoms in total. The smallest absolute Gasteiger partial charge is 0.227 e. The Morgan fingerprint density at radius 1 is 1.25 bits per heavy atom. The van der Waals surface area contributed by atoms with Gasteiger partial charge in [0.05, 0.1) is 30.3 Å². The molecule has 1 atom stereocenters. The number of rotatable bonds is 9. The summed E-state index contributed by atoms with van der Waals surface area (Å²) in [7, 11) is -1.45. The van der Waals surface area contributed by atoms with Crippen LogP contribution in [0.5, 0.6) is 0 Å². The maximum Gasteiger partial charge on any atom is 0.227 e. The topological polar surface area (TPSA) is 103 Å². The molecule has 1 saturated carbocycles. The Labute approximate surface area is 164 Å². The highest BCUT2D eigenvalue weighted by Crippen LogP contribution is 2.32. The third-order valence-electron chi connectivity index (χ3n) is 5.34. The van der Waals surface area contributed by atoms with E-state index in [1.807, 2.05) is 23.4 Å². The first kappa shape index (κ1) is 19.5. The molecule has 0 unspecified atom stereocenters. The van der Waals surface area contributed by atoms with E-state index in [-0.39, 0.29) is 22.9 Å². The third kappa shape index (κ3) is 4.44. The molecule has 2 fully saturated rings. The lowest BCUT2D eigenvalue weighted by Gasteiger charge is -2.19. The molecule has 10 heteroatoms. The molecule has 0 N–H and O–H groups in total. The Kier molecular flexibility index (Phi) is 5.52. The molecule has 28 heavy (non-hydrogen) atoms. The van der Waals surface area contributed by atoms with E-state index >= 15 is 0 Å².